The molecule has 1 aliphatic heterocycles. The van der Waals surface area contributed by atoms with Crippen molar-refractivity contribution in [2.75, 3.05) is 6.54 Å². The van der Waals surface area contributed by atoms with E-state index in [1.807, 2.05) is 26.6 Å². The average molecular weight is 309 g/mol. The van der Waals surface area contributed by atoms with Crippen LogP contribution in [0.3, 0.4) is 0 Å². The highest BCUT2D eigenvalue weighted by atomic mass is 32.2. The maximum absolute atomic E-state index is 12.7. The van der Waals surface area contributed by atoms with Gasteiger partial charge in [0.1, 0.15) is 0 Å². The standard InChI is InChI=1S/C14H19NO3SSi/c1-5-15-13(16)12-10-8-6-7-9-11(10)19(17,18)14(12)20(2,3)4/h6-9H,5H2,1-4H3,(H,15,16). The highest BCUT2D eigenvalue weighted by molar-refractivity contribution is 7.98. The van der Waals surface area contributed by atoms with Crippen LogP contribution < -0.4 is 5.32 Å². The van der Waals surface area contributed by atoms with Crippen LogP contribution in [0, 0.1) is 0 Å². The molecule has 0 radical (unpaired) electrons. The van der Waals surface area contributed by atoms with Crippen LogP contribution in [0.5, 0.6) is 0 Å². The molecule has 1 aromatic carbocycles. The number of rotatable bonds is 3. The Kier molecular flexibility index (Phi) is 3.64. The smallest absolute Gasteiger partial charge is 0.252 e. The number of hydrogen-bond donors (Lipinski definition) is 1. The van der Waals surface area contributed by atoms with Crippen LogP contribution >= 0.6 is 0 Å². The number of hydrogen-bond acceptors (Lipinski definition) is 3. The van der Waals surface area contributed by atoms with E-state index < -0.39 is 17.9 Å². The zero-order valence-corrected chi connectivity index (χ0v) is 14.0. The van der Waals surface area contributed by atoms with E-state index in [1.165, 1.54) is 0 Å². The number of carbonyl (C=O) groups excluding carboxylic acids is 1. The Morgan fingerprint density at radius 1 is 1.20 bits per heavy atom. The first-order valence-corrected chi connectivity index (χ1v) is 11.6. The van der Waals surface area contributed by atoms with E-state index in [9.17, 15) is 13.2 Å². The maximum atomic E-state index is 12.7. The molecule has 0 unspecified atom stereocenters. The Hall–Kier alpha value is -1.40. The number of sulfone groups is 1. The highest BCUT2D eigenvalue weighted by Crippen LogP contribution is 2.43. The van der Waals surface area contributed by atoms with Crippen LogP contribution in [0.1, 0.15) is 12.5 Å². The third-order valence-corrected chi connectivity index (χ3v) is 9.12. The number of nitrogens with one attached hydrogen (secondary N) is 1. The van der Waals surface area contributed by atoms with Crippen molar-refractivity contribution in [2.24, 2.45) is 0 Å². The van der Waals surface area contributed by atoms with Crippen LogP contribution in [0.4, 0.5) is 0 Å². The quantitative estimate of drug-likeness (QED) is 0.871. The normalized spacial score (nSPS) is 17.0. The molecular weight excluding hydrogens is 290 g/mol. The first kappa shape index (κ1) is 15.0. The fourth-order valence-electron chi connectivity index (χ4n) is 2.53. The van der Waals surface area contributed by atoms with Crippen molar-refractivity contribution in [3.8, 4) is 0 Å². The molecule has 1 aromatic rings. The minimum absolute atomic E-state index is 0.263. The molecule has 2 rings (SSSR count). The molecule has 108 valence electrons. The number of benzene rings is 1. The lowest BCUT2D eigenvalue weighted by Crippen LogP contribution is -2.32. The van der Waals surface area contributed by atoms with Gasteiger partial charge in [-0.05, 0) is 13.0 Å². The molecule has 0 saturated carbocycles. The molecule has 20 heavy (non-hydrogen) atoms. The number of carbonyl (C=O) groups is 1. The van der Waals surface area contributed by atoms with Crippen LogP contribution in [0.25, 0.3) is 5.57 Å². The number of fused-ring (bicyclic) bond motifs is 1. The molecule has 0 fully saturated rings. The number of amides is 1. The van der Waals surface area contributed by atoms with Gasteiger partial charge >= 0.3 is 0 Å². The van der Waals surface area contributed by atoms with Gasteiger partial charge in [0, 0.05) is 16.6 Å². The molecule has 1 N–H and O–H groups in total. The van der Waals surface area contributed by atoms with Gasteiger partial charge in [0.05, 0.1) is 18.5 Å². The van der Waals surface area contributed by atoms with Gasteiger partial charge in [-0.1, -0.05) is 37.8 Å². The minimum Gasteiger partial charge on any atom is -0.352 e. The monoisotopic (exact) mass is 309 g/mol. The van der Waals surface area contributed by atoms with Gasteiger partial charge in [0.25, 0.3) is 5.91 Å². The third kappa shape index (κ3) is 2.23. The maximum Gasteiger partial charge on any atom is 0.252 e. The van der Waals surface area contributed by atoms with Crippen LogP contribution in [-0.2, 0) is 14.6 Å². The predicted octanol–water partition coefficient (Wildman–Crippen LogP) is 2.20. The Bertz CT molecular complexity index is 699. The summed E-state index contributed by atoms with van der Waals surface area (Å²) in [4.78, 5) is 12.6. The molecule has 4 nitrogen and oxygen atoms in total. The molecule has 0 aliphatic carbocycles. The fourth-order valence-corrected chi connectivity index (χ4v) is 8.49. The molecule has 0 aromatic heterocycles. The molecule has 6 heteroatoms. The summed E-state index contributed by atoms with van der Waals surface area (Å²) >= 11 is 0. The second-order valence-corrected chi connectivity index (χ2v) is 13.0. The predicted molar refractivity (Wildman–Crippen MR) is 82.6 cm³/mol. The van der Waals surface area contributed by atoms with E-state index in [0.29, 0.717) is 22.2 Å². The van der Waals surface area contributed by atoms with Gasteiger partial charge in [0.15, 0.2) is 9.84 Å². The van der Waals surface area contributed by atoms with E-state index in [2.05, 4.69) is 5.32 Å². The second-order valence-electron chi connectivity index (χ2n) is 5.81. The van der Waals surface area contributed by atoms with Gasteiger partial charge in [-0.15, -0.1) is 0 Å². The molecule has 0 spiro atoms. The molecule has 1 aliphatic rings. The second kappa shape index (κ2) is 4.86. The van der Waals surface area contributed by atoms with E-state index in [0.717, 1.165) is 0 Å². The summed E-state index contributed by atoms with van der Waals surface area (Å²) in [5.74, 6) is -0.293. The fraction of sp³-hybridized carbons (Fsp3) is 0.357. The summed E-state index contributed by atoms with van der Waals surface area (Å²) in [6.45, 7) is 8.15. The Morgan fingerprint density at radius 3 is 2.35 bits per heavy atom. The van der Waals surface area contributed by atoms with Gasteiger partial charge in [0.2, 0.25) is 0 Å². The largest absolute Gasteiger partial charge is 0.352 e. The molecule has 0 atom stereocenters. The highest BCUT2D eigenvalue weighted by Gasteiger charge is 2.44. The van der Waals surface area contributed by atoms with Gasteiger partial charge in [-0.25, -0.2) is 8.42 Å². The molecule has 0 saturated heterocycles. The number of likely N-dealkylation sites (N-methyl/N-ethyl adjacent to an activating group) is 1. The topological polar surface area (TPSA) is 63.2 Å². The average Bonchev–Trinajstić information content (AvgIpc) is 2.58. The SMILES string of the molecule is CCNC(=O)C1=C([Si](C)(C)C)S(=O)(=O)c2ccccc21. The summed E-state index contributed by atoms with van der Waals surface area (Å²) in [5.41, 5.74) is 0.887. The van der Waals surface area contributed by atoms with Crippen molar-refractivity contribution in [3.63, 3.8) is 0 Å². The van der Waals surface area contributed by atoms with Crippen LogP contribution in [-0.4, -0.2) is 28.9 Å². The summed E-state index contributed by atoms with van der Waals surface area (Å²) in [6, 6.07) is 6.75. The lowest BCUT2D eigenvalue weighted by atomic mass is 10.1. The van der Waals surface area contributed by atoms with Crippen LogP contribution in [0.2, 0.25) is 19.6 Å². The lowest BCUT2D eigenvalue weighted by molar-refractivity contribution is -0.115. The van der Waals surface area contributed by atoms with Gasteiger partial charge in [-0.3, -0.25) is 4.79 Å². The summed E-state index contributed by atoms with van der Waals surface area (Å²) in [5, 5.41) is 2.73. The lowest BCUT2D eigenvalue weighted by Gasteiger charge is -2.19. The third-order valence-electron chi connectivity index (χ3n) is 3.19. The van der Waals surface area contributed by atoms with Crippen LogP contribution in [0.15, 0.2) is 33.7 Å². The summed E-state index contributed by atoms with van der Waals surface area (Å²) in [7, 11) is -5.72. The summed E-state index contributed by atoms with van der Waals surface area (Å²) in [6.07, 6.45) is 0. The minimum atomic E-state index is -3.54. The Morgan fingerprint density at radius 2 is 1.80 bits per heavy atom. The first-order chi connectivity index (χ1) is 9.21. The van der Waals surface area contributed by atoms with Crippen molar-refractivity contribution in [1.82, 2.24) is 5.32 Å². The van der Waals surface area contributed by atoms with Gasteiger partial charge in [-0.2, -0.15) is 0 Å². The van der Waals surface area contributed by atoms with E-state index in [1.54, 1.807) is 24.3 Å². The van der Waals surface area contributed by atoms with Crippen molar-refractivity contribution in [1.29, 1.82) is 0 Å². The Balaban J connectivity index is 2.82. The zero-order chi connectivity index (χ0) is 15.1. The zero-order valence-electron chi connectivity index (χ0n) is 12.1. The first-order valence-electron chi connectivity index (χ1n) is 6.58. The van der Waals surface area contributed by atoms with E-state index in [4.69, 9.17) is 0 Å². The van der Waals surface area contributed by atoms with E-state index >= 15 is 0 Å². The molecular formula is C14H19NO3SSi. The summed E-state index contributed by atoms with van der Waals surface area (Å²) < 4.78 is 25.8. The van der Waals surface area contributed by atoms with Gasteiger partial charge < -0.3 is 5.32 Å². The van der Waals surface area contributed by atoms with Crippen molar-refractivity contribution in [3.05, 3.63) is 34.4 Å². The molecule has 1 amide bonds. The Labute approximate surface area is 120 Å². The van der Waals surface area contributed by atoms with Crippen molar-refractivity contribution < 1.29 is 13.2 Å². The van der Waals surface area contributed by atoms with Crippen molar-refractivity contribution in [2.45, 2.75) is 31.5 Å². The van der Waals surface area contributed by atoms with E-state index in [-0.39, 0.29) is 10.8 Å². The molecule has 1 heterocycles. The molecule has 0 bridgehead atoms. The van der Waals surface area contributed by atoms with Crippen molar-refractivity contribution >= 4 is 29.4 Å².